The molecule has 0 aliphatic carbocycles. The molecule has 0 saturated carbocycles. The molecule has 4 nitrogen and oxygen atoms in total. The molecule has 2 rings (SSSR count). The molecule has 3 atom stereocenters. The van der Waals surface area contributed by atoms with Crippen LogP contribution in [-0.4, -0.2) is 24.2 Å². The second kappa shape index (κ2) is 8.11. The van der Waals surface area contributed by atoms with Crippen molar-refractivity contribution in [2.75, 3.05) is 7.11 Å². The van der Waals surface area contributed by atoms with Crippen LogP contribution in [0, 0.1) is 0 Å². The number of rotatable bonds is 6. The lowest BCUT2D eigenvalue weighted by atomic mass is 10.0. The Morgan fingerprint density at radius 1 is 1.09 bits per heavy atom. The van der Waals surface area contributed by atoms with E-state index in [2.05, 4.69) is 5.32 Å². The second-order valence-corrected chi connectivity index (χ2v) is 5.75. The molecule has 5 heteroatoms. The van der Waals surface area contributed by atoms with Gasteiger partial charge in [0.2, 0.25) is 0 Å². The first-order valence-electron chi connectivity index (χ1n) is 7.34. The van der Waals surface area contributed by atoms with E-state index >= 15 is 0 Å². The predicted molar refractivity (Wildman–Crippen MR) is 90.2 cm³/mol. The Morgan fingerprint density at radius 3 is 2.26 bits per heavy atom. The average Bonchev–Trinajstić information content (AvgIpc) is 2.57. The first-order chi connectivity index (χ1) is 11.0. The molecule has 0 bridgehead atoms. The van der Waals surface area contributed by atoms with E-state index in [1.807, 2.05) is 25.1 Å². The van der Waals surface area contributed by atoms with Gasteiger partial charge < -0.3 is 15.2 Å². The van der Waals surface area contributed by atoms with E-state index in [0.717, 1.165) is 5.56 Å². The number of carbonyl (C=O) groups excluding carboxylic acids is 1. The molecule has 23 heavy (non-hydrogen) atoms. The number of amides is 1. The van der Waals surface area contributed by atoms with Gasteiger partial charge in [0.1, 0.15) is 6.10 Å². The SMILES string of the molecule is COC(c1ccc(Cl)cc1)C(C)NC(=O)C(O)c1ccccc1. The molecular formula is C18H20ClNO3. The highest BCUT2D eigenvalue weighted by Gasteiger charge is 2.24. The number of aliphatic hydroxyl groups is 1. The van der Waals surface area contributed by atoms with Gasteiger partial charge in [-0.05, 0) is 30.2 Å². The Morgan fingerprint density at radius 2 is 1.70 bits per heavy atom. The summed E-state index contributed by atoms with van der Waals surface area (Å²) in [5.41, 5.74) is 1.46. The maximum atomic E-state index is 12.2. The molecule has 0 radical (unpaired) electrons. The van der Waals surface area contributed by atoms with Gasteiger partial charge in [-0.25, -0.2) is 0 Å². The van der Waals surface area contributed by atoms with Crippen molar-refractivity contribution >= 4 is 17.5 Å². The van der Waals surface area contributed by atoms with Crippen molar-refractivity contribution < 1.29 is 14.6 Å². The van der Waals surface area contributed by atoms with Crippen LogP contribution in [0.3, 0.4) is 0 Å². The summed E-state index contributed by atoms with van der Waals surface area (Å²) in [7, 11) is 1.58. The van der Waals surface area contributed by atoms with Gasteiger partial charge in [0.05, 0.1) is 6.04 Å². The largest absolute Gasteiger partial charge is 0.378 e. The van der Waals surface area contributed by atoms with E-state index in [4.69, 9.17) is 16.3 Å². The maximum absolute atomic E-state index is 12.2. The summed E-state index contributed by atoms with van der Waals surface area (Å²) in [6.45, 7) is 1.83. The van der Waals surface area contributed by atoms with Gasteiger partial charge >= 0.3 is 0 Å². The third-order valence-electron chi connectivity index (χ3n) is 3.64. The van der Waals surface area contributed by atoms with Crippen molar-refractivity contribution in [3.63, 3.8) is 0 Å². The zero-order valence-corrected chi connectivity index (χ0v) is 13.8. The Labute approximate surface area is 141 Å². The summed E-state index contributed by atoms with van der Waals surface area (Å²) < 4.78 is 5.48. The van der Waals surface area contributed by atoms with E-state index in [1.165, 1.54) is 0 Å². The van der Waals surface area contributed by atoms with Gasteiger partial charge in [-0.2, -0.15) is 0 Å². The van der Waals surface area contributed by atoms with Crippen molar-refractivity contribution in [2.45, 2.75) is 25.2 Å². The van der Waals surface area contributed by atoms with Gasteiger partial charge in [-0.1, -0.05) is 54.1 Å². The molecule has 0 saturated heterocycles. The number of hydrogen-bond acceptors (Lipinski definition) is 3. The lowest BCUT2D eigenvalue weighted by molar-refractivity contribution is -0.131. The summed E-state index contributed by atoms with van der Waals surface area (Å²) in [5, 5.41) is 13.6. The van der Waals surface area contributed by atoms with Crippen molar-refractivity contribution in [1.29, 1.82) is 0 Å². The Balaban J connectivity index is 2.05. The highest BCUT2D eigenvalue weighted by atomic mass is 35.5. The van der Waals surface area contributed by atoms with E-state index in [1.54, 1.807) is 43.5 Å². The Kier molecular flexibility index (Phi) is 6.16. The molecule has 2 N–H and O–H groups in total. The topological polar surface area (TPSA) is 58.6 Å². The van der Waals surface area contributed by atoms with Gasteiger partial charge in [0, 0.05) is 12.1 Å². The maximum Gasteiger partial charge on any atom is 0.253 e. The second-order valence-electron chi connectivity index (χ2n) is 5.32. The molecular weight excluding hydrogens is 314 g/mol. The van der Waals surface area contributed by atoms with Crippen molar-refractivity contribution in [2.24, 2.45) is 0 Å². The van der Waals surface area contributed by atoms with Crippen molar-refractivity contribution in [3.05, 3.63) is 70.7 Å². The predicted octanol–water partition coefficient (Wildman–Crippen LogP) is 3.27. The smallest absolute Gasteiger partial charge is 0.253 e. The first kappa shape index (κ1) is 17.5. The van der Waals surface area contributed by atoms with Crippen LogP contribution in [0.5, 0.6) is 0 Å². The Bertz CT molecular complexity index is 630. The molecule has 1 amide bonds. The van der Waals surface area contributed by atoms with Crippen LogP contribution in [0.25, 0.3) is 0 Å². The molecule has 2 aromatic rings. The molecule has 0 aromatic heterocycles. The molecule has 2 aromatic carbocycles. The third-order valence-corrected chi connectivity index (χ3v) is 3.89. The minimum absolute atomic E-state index is 0.313. The summed E-state index contributed by atoms with van der Waals surface area (Å²) in [4.78, 5) is 12.2. The summed E-state index contributed by atoms with van der Waals surface area (Å²) >= 11 is 5.89. The molecule has 0 aliphatic heterocycles. The average molecular weight is 334 g/mol. The quantitative estimate of drug-likeness (QED) is 0.853. The minimum atomic E-state index is -1.21. The van der Waals surface area contributed by atoms with Gasteiger partial charge in [-0.15, -0.1) is 0 Å². The number of ether oxygens (including phenoxy) is 1. The van der Waals surface area contributed by atoms with Gasteiger partial charge in [0.15, 0.2) is 6.10 Å². The number of benzene rings is 2. The van der Waals surface area contributed by atoms with Gasteiger partial charge in [0.25, 0.3) is 5.91 Å². The van der Waals surface area contributed by atoms with Crippen LogP contribution < -0.4 is 5.32 Å². The van der Waals surface area contributed by atoms with Crippen molar-refractivity contribution in [3.8, 4) is 0 Å². The minimum Gasteiger partial charge on any atom is -0.378 e. The fraction of sp³-hybridized carbons (Fsp3) is 0.278. The third kappa shape index (κ3) is 4.55. The molecule has 0 heterocycles. The standard InChI is InChI=1S/C18H20ClNO3/c1-12(17(23-2)14-8-10-15(19)11-9-14)20-18(22)16(21)13-6-4-3-5-7-13/h3-12,16-17,21H,1-2H3,(H,20,22). The number of methoxy groups -OCH3 is 1. The zero-order valence-electron chi connectivity index (χ0n) is 13.1. The van der Waals surface area contributed by atoms with Crippen LogP contribution in [-0.2, 0) is 9.53 Å². The van der Waals surface area contributed by atoms with Crippen molar-refractivity contribution in [1.82, 2.24) is 5.32 Å². The molecule has 0 aliphatic rings. The van der Waals surface area contributed by atoms with E-state index in [9.17, 15) is 9.90 Å². The fourth-order valence-corrected chi connectivity index (χ4v) is 2.57. The first-order valence-corrected chi connectivity index (χ1v) is 7.72. The van der Waals surface area contributed by atoms with Crippen LogP contribution >= 0.6 is 11.6 Å². The normalized spacial score (nSPS) is 14.8. The number of hydrogen-bond donors (Lipinski definition) is 2. The van der Waals surface area contributed by atoms with Crippen LogP contribution in [0.15, 0.2) is 54.6 Å². The zero-order chi connectivity index (χ0) is 16.8. The molecule has 0 spiro atoms. The van der Waals surface area contributed by atoms with Crippen LogP contribution in [0.4, 0.5) is 0 Å². The van der Waals surface area contributed by atoms with E-state index in [0.29, 0.717) is 10.6 Å². The number of carbonyl (C=O) groups is 1. The highest BCUT2D eigenvalue weighted by Crippen LogP contribution is 2.23. The molecule has 122 valence electrons. The number of aliphatic hydroxyl groups excluding tert-OH is 1. The summed E-state index contributed by atoms with van der Waals surface area (Å²) in [6, 6.07) is 15.8. The van der Waals surface area contributed by atoms with Crippen LogP contribution in [0.1, 0.15) is 30.3 Å². The lowest BCUT2D eigenvalue weighted by Gasteiger charge is -2.25. The monoisotopic (exact) mass is 333 g/mol. The Hall–Kier alpha value is -1.88. The number of nitrogens with one attached hydrogen (secondary N) is 1. The molecule has 0 fully saturated rings. The fourth-order valence-electron chi connectivity index (χ4n) is 2.45. The lowest BCUT2D eigenvalue weighted by Crippen LogP contribution is -2.40. The summed E-state index contributed by atoms with van der Waals surface area (Å²) in [6.07, 6.45) is -1.54. The van der Waals surface area contributed by atoms with E-state index < -0.39 is 12.0 Å². The number of halogens is 1. The summed E-state index contributed by atoms with van der Waals surface area (Å²) in [5.74, 6) is -0.459. The highest BCUT2D eigenvalue weighted by molar-refractivity contribution is 6.30. The molecule has 3 unspecified atom stereocenters. The van der Waals surface area contributed by atoms with Gasteiger partial charge in [-0.3, -0.25) is 4.79 Å². The van der Waals surface area contributed by atoms with Crippen LogP contribution in [0.2, 0.25) is 5.02 Å². The van der Waals surface area contributed by atoms with E-state index in [-0.39, 0.29) is 12.1 Å².